The lowest BCUT2D eigenvalue weighted by atomic mass is 9.75. The van der Waals surface area contributed by atoms with Crippen LogP contribution < -0.4 is 5.32 Å². The molecule has 0 bridgehead atoms. The van der Waals surface area contributed by atoms with Crippen LogP contribution in [0.15, 0.2) is 24.3 Å². The molecule has 1 aliphatic rings. The van der Waals surface area contributed by atoms with Crippen LogP contribution in [0.4, 0.5) is 4.39 Å². The molecule has 1 fully saturated rings. The number of aliphatic hydroxyl groups is 1. The van der Waals surface area contributed by atoms with Crippen LogP contribution in [0.25, 0.3) is 0 Å². The molecule has 0 heterocycles. The molecule has 0 atom stereocenters. The van der Waals surface area contributed by atoms with Crippen molar-refractivity contribution in [2.24, 2.45) is 5.41 Å². The molecular weight excluding hydrogens is 229 g/mol. The molecule has 1 aromatic rings. The topological polar surface area (TPSA) is 32.3 Å². The van der Waals surface area contributed by atoms with Crippen molar-refractivity contribution < 1.29 is 9.50 Å². The summed E-state index contributed by atoms with van der Waals surface area (Å²) in [7, 11) is 0. The Bertz CT molecular complexity index is 399. The Labute approximate surface area is 108 Å². The zero-order valence-corrected chi connectivity index (χ0v) is 11.1. The molecule has 0 saturated heterocycles. The van der Waals surface area contributed by atoms with Gasteiger partial charge in [0.15, 0.2) is 0 Å². The fourth-order valence-electron chi connectivity index (χ4n) is 2.32. The fraction of sp³-hybridized carbons (Fsp3) is 0.600. The first-order valence-electron chi connectivity index (χ1n) is 6.60. The Morgan fingerprint density at radius 1 is 1.33 bits per heavy atom. The second-order valence-corrected chi connectivity index (χ2v) is 6.09. The minimum Gasteiger partial charge on any atom is -0.396 e. The van der Waals surface area contributed by atoms with Gasteiger partial charge in [-0.05, 0) is 30.4 Å². The molecule has 1 aliphatic carbocycles. The maximum absolute atomic E-state index is 13.6. The van der Waals surface area contributed by atoms with E-state index < -0.39 is 0 Å². The SMILES string of the molecule is CC(C)(CO)CNC1CC(c2ccccc2F)C1. The Morgan fingerprint density at radius 3 is 2.61 bits per heavy atom. The molecule has 0 spiro atoms. The Morgan fingerprint density at radius 2 is 2.00 bits per heavy atom. The summed E-state index contributed by atoms with van der Waals surface area (Å²) in [6.45, 7) is 5.06. The first-order valence-corrected chi connectivity index (χ1v) is 6.60. The number of rotatable bonds is 5. The van der Waals surface area contributed by atoms with Gasteiger partial charge in [0.2, 0.25) is 0 Å². The van der Waals surface area contributed by atoms with Crippen molar-refractivity contribution in [1.29, 1.82) is 0 Å². The predicted octanol–water partition coefficient (Wildman–Crippen LogP) is 2.68. The highest BCUT2D eigenvalue weighted by Gasteiger charge is 2.32. The third-order valence-corrected chi connectivity index (χ3v) is 3.78. The van der Waals surface area contributed by atoms with Gasteiger partial charge < -0.3 is 10.4 Å². The van der Waals surface area contributed by atoms with Gasteiger partial charge >= 0.3 is 0 Å². The molecule has 1 saturated carbocycles. The molecule has 18 heavy (non-hydrogen) atoms. The third kappa shape index (κ3) is 3.09. The molecule has 3 heteroatoms. The lowest BCUT2D eigenvalue weighted by Gasteiger charge is -2.38. The maximum atomic E-state index is 13.6. The summed E-state index contributed by atoms with van der Waals surface area (Å²) in [6.07, 6.45) is 1.98. The minimum atomic E-state index is -0.0864. The smallest absolute Gasteiger partial charge is 0.126 e. The summed E-state index contributed by atoms with van der Waals surface area (Å²) >= 11 is 0. The van der Waals surface area contributed by atoms with Gasteiger partial charge in [-0.2, -0.15) is 0 Å². The highest BCUT2D eigenvalue weighted by atomic mass is 19.1. The number of benzene rings is 1. The molecule has 0 radical (unpaired) electrons. The summed E-state index contributed by atoms with van der Waals surface area (Å²) in [5.74, 6) is 0.262. The zero-order chi connectivity index (χ0) is 13.2. The fourth-order valence-corrected chi connectivity index (χ4v) is 2.32. The van der Waals surface area contributed by atoms with Crippen molar-refractivity contribution in [3.05, 3.63) is 35.6 Å². The van der Waals surface area contributed by atoms with E-state index >= 15 is 0 Å². The lowest BCUT2D eigenvalue weighted by molar-refractivity contribution is 0.143. The highest BCUT2D eigenvalue weighted by molar-refractivity contribution is 5.24. The Balaban J connectivity index is 1.79. The zero-order valence-electron chi connectivity index (χ0n) is 11.1. The quantitative estimate of drug-likeness (QED) is 0.843. The molecule has 100 valence electrons. The summed E-state index contributed by atoms with van der Waals surface area (Å²) in [5.41, 5.74) is 0.764. The second-order valence-electron chi connectivity index (χ2n) is 6.09. The Hall–Kier alpha value is -0.930. The minimum absolute atomic E-state index is 0.0803. The number of aliphatic hydroxyl groups excluding tert-OH is 1. The van der Waals surface area contributed by atoms with E-state index in [2.05, 4.69) is 5.32 Å². The van der Waals surface area contributed by atoms with Crippen molar-refractivity contribution >= 4 is 0 Å². The normalized spacial score (nSPS) is 23.8. The summed E-state index contributed by atoms with van der Waals surface area (Å²) < 4.78 is 13.6. The van der Waals surface area contributed by atoms with Crippen molar-refractivity contribution in [2.75, 3.05) is 13.2 Å². The monoisotopic (exact) mass is 251 g/mol. The molecule has 0 amide bonds. The van der Waals surface area contributed by atoms with Crippen LogP contribution in [0.1, 0.15) is 38.2 Å². The van der Waals surface area contributed by atoms with E-state index in [1.54, 1.807) is 6.07 Å². The number of hydrogen-bond donors (Lipinski definition) is 2. The molecule has 1 aromatic carbocycles. The van der Waals surface area contributed by atoms with Crippen molar-refractivity contribution in [1.82, 2.24) is 5.32 Å². The first kappa shape index (κ1) is 13.5. The molecule has 2 nitrogen and oxygen atoms in total. The van der Waals surface area contributed by atoms with Crippen LogP contribution in [0.2, 0.25) is 0 Å². The molecule has 0 aromatic heterocycles. The largest absolute Gasteiger partial charge is 0.396 e. The summed E-state index contributed by atoms with van der Waals surface area (Å²) in [4.78, 5) is 0. The molecule has 2 rings (SSSR count). The van der Waals surface area contributed by atoms with Crippen LogP contribution in [0.3, 0.4) is 0 Å². The average Bonchev–Trinajstić information content (AvgIpc) is 2.29. The first-order chi connectivity index (χ1) is 8.52. The standard InChI is InChI=1S/C15H22FNO/c1-15(2,10-18)9-17-12-7-11(8-12)13-5-3-4-6-14(13)16/h3-6,11-12,17-18H,7-10H2,1-2H3. The summed E-state index contributed by atoms with van der Waals surface area (Å²) in [6, 6.07) is 7.50. The number of nitrogens with one attached hydrogen (secondary N) is 1. The summed E-state index contributed by atoms with van der Waals surface area (Å²) in [5, 5.41) is 12.6. The van der Waals surface area contributed by atoms with E-state index in [-0.39, 0.29) is 17.8 Å². The average molecular weight is 251 g/mol. The van der Waals surface area contributed by atoms with Gasteiger partial charge in [0.05, 0.1) is 0 Å². The van der Waals surface area contributed by atoms with Crippen LogP contribution in [0, 0.1) is 11.2 Å². The van der Waals surface area contributed by atoms with Crippen LogP contribution >= 0.6 is 0 Å². The van der Waals surface area contributed by atoms with Crippen molar-refractivity contribution in [3.63, 3.8) is 0 Å². The number of halogens is 1. The van der Waals surface area contributed by atoms with E-state index in [4.69, 9.17) is 0 Å². The van der Waals surface area contributed by atoms with Crippen LogP contribution in [0.5, 0.6) is 0 Å². The lowest BCUT2D eigenvalue weighted by Crippen LogP contribution is -2.45. The van der Waals surface area contributed by atoms with Gasteiger partial charge in [0, 0.05) is 24.6 Å². The van der Waals surface area contributed by atoms with Crippen LogP contribution in [-0.4, -0.2) is 24.3 Å². The predicted molar refractivity (Wildman–Crippen MR) is 71.0 cm³/mol. The highest BCUT2D eigenvalue weighted by Crippen LogP contribution is 2.38. The molecule has 0 aliphatic heterocycles. The van der Waals surface area contributed by atoms with E-state index in [0.29, 0.717) is 12.0 Å². The van der Waals surface area contributed by atoms with E-state index in [9.17, 15) is 9.50 Å². The van der Waals surface area contributed by atoms with Gasteiger partial charge in [0.25, 0.3) is 0 Å². The van der Waals surface area contributed by atoms with Gasteiger partial charge in [-0.25, -0.2) is 4.39 Å². The van der Waals surface area contributed by atoms with Crippen molar-refractivity contribution in [3.8, 4) is 0 Å². The van der Waals surface area contributed by atoms with Gasteiger partial charge in [0.1, 0.15) is 5.82 Å². The van der Waals surface area contributed by atoms with Gasteiger partial charge in [-0.15, -0.1) is 0 Å². The second kappa shape index (κ2) is 5.37. The Kier molecular flexibility index (Phi) is 4.03. The number of hydrogen-bond acceptors (Lipinski definition) is 2. The van der Waals surface area contributed by atoms with Crippen molar-refractivity contribution in [2.45, 2.75) is 38.6 Å². The van der Waals surface area contributed by atoms with Crippen LogP contribution in [-0.2, 0) is 0 Å². The van der Waals surface area contributed by atoms with Gasteiger partial charge in [-0.1, -0.05) is 32.0 Å². The van der Waals surface area contributed by atoms with Gasteiger partial charge in [-0.3, -0.25) is 0 Å². The molecule has 0 unspecified atom stereocenters. The molecule has 2 N–H and O–H groups in total. The maximum Gasteiger partial charge on any atom is 0.126 e. The van der Waals surface area contributed by atoms with E-state index in [1.807, 2.05) is 26.0 Å². The molecular formula is C15H22FNO. The third-order valence-electron chi connectivity index (χ3n) is 3.78. The van der Waals surface area contributed by atoms with E-state index in [0.717, 1.165) is 24.9 Å². The van der Waals surface area contributed by atoms with E-state index in [1.165, 1.54) is 6.07 Å².